The molecule has 0 radical (unpaired) electrons. The lowest BCUT2D eigenvalue weighted by Gasteiger charge is -2.30. The highest BCUT2D eigenvalue weighted by Crippen LogP contribution is 2.53. The lowest BCUT2D eigenvalue weighted by molar-refractivity contribution is 0.490. The monoisotopic (exact) mass is 1250 g/mol. The summed E-state index contributed by atoms with van der Waals surface area (Å²) < 4.78 is 4.73. The van der Waals surface area contributed by atoms with Crippen LogP contribution in [0, 0.1) is 0 Å². The molecule has 0 atom stereocenters. The molecule has 0 N–H and O–H groups in total. The van der Waals surface area contributed by atoms with E-state index in [0.717, 1.165) is 92.2 Å². The third-order valence-electron chi connectivity index (χ3n) is 19.1. The maximum atomic E-state index is 2.46. The average molecular weight is 1250 g/mol. The van der Waals surface area contributed by atoms with Gasteiger partial charge < -0.3 is 18.9 Å². The normalized spacial score (nSPS) is 12.4. The van der Waals surface area contributed by atoms with Gasteiger partial charge in [0.05, 0.1) is 0 Å². The highest BCUT2D eigenvalue weighted by Gasteiger charge is 2.40. The SMILES string of the molecule is CCC1(CC)c2cc(/C=C/c3ccc(/C=C/c4ccc(N(c5ccccc5)c5ccccc5)cc4)n3-c3ccc(-c4ccccc4)cc3)ccc2-c2ccc(/C=C/c3ccc(/C=C/c4ccc(N(c5ccccc5)c5ccccc5)cc4)n3-c3ccc(-c4ccccc4)cc3)cc21. The van der Waals surface area contributed by atoms with Crippen molar-refractivity contribution in [1.29, 1.82) is 0 Å². The van der Waals surface area contributed by atoms with Crippen LogP contribution in [0.15, 0.2) is 340 Å². The van der Waals surface area contributed by atoms with E-state index < -0.39 is 0 Å². The second-order valence-electron chi connectivity index (χ2n) is 24.8. The summed E-state index contributed by atoms with van der Waals surface area (Å²) in [5.74, 6) is 0. The molecule has 0 fully saturated rings. The predicted molar refractivity (Wildman–Crippen MR) is 414 cm³/mol. The minimum absolute atomic E-state index is 0.144. The van der Waals surface area contributed by atoms with Crippen LogP contribution in [0.25, 0.3) is 93.4 Å². The van der Waals surface area contributed by atoms with Crippen molar-refractivity contribution in [2.75, 3.05) is 9.80 Å². The number of benzene rings is 12. The zero-order valence-electron chi connectivity index (χ0n) is 54.7. The molecule has 14 aromatic rings. The lowest BCUT2D eigenvalue weighted by atomic mass is 9.73. The first-order valence-corrected chi connectivity index (χ1v) is 33.7. The summed E-state index contributed by atoms with van der Waals surface area (Å²) in [6.07, 6.45) is 20.0. The highest BCUT2D eigenvalue weighted by molar-refractivity contribution is 5.87. The predicted octanol–water partition coefficient (Wildman–Crippen LogP) is 25.3. The van der Waals surface area contributed by atoms with E-state index in [-0.39, 0.29) is 5.41 Å². The van der Waals surface area contributed by atoms with Gasteiger partial charge in [-0.3, -0.25) is 0 Å². The van der Waals surface area contributed by atoms with Crippen molar-refractivity contribution < 1.29 is 0 Å². The van der Waals surface area contributed by atoms with Crippen molar-refractivity contribution in [3.05, 3.63) is 396 Å². The molecule has 0 saturated heterocycles. The number of para-hydroxylation sites is 4. The molecule has 12 aromatic carbocycles. The molecule has 0 unspecified atom stereocenters. The summed E-state index contributed by atoms with van der Waals surface area (Å²) in [5.41, 5.74) is 27.9. The summed E-state index contributed by atoms with van der Waals surface area (Å²) in [5, 5.41) is 0. The molecule has 4 heteroatoms. The van der Waals surface area contributed by atoms with Crippen molar-refractivity contribution in [3.63, 3.8) is 0 Å². The molecule has 0 amide bonds. The molecule has 1 aliphatic rings. The average Bonchev–Trinajstić information content (AvgIpc) is 1.57. The Morgan fingerprint density at radius 1 is 0.247 bits per heavy atom. The lowest BCUT2D eigenvalue weighted by Crippen LogP contribution is -2.23. The molecule has 466 valence electrons. The van der Waals surface area contributed by atoms with E-state index in [1.165, 1.54) is 55.6 Å². The minimum atomic E-state index is -0.144. The fourth-order valence-electron chi connectivity index (χ4n) is 14.1. The van der Waals surface area contributed by atoms with E-state index >= 15 is 0 Å². The summed E-state index contributed by atoms with van der Waals surface area (Å²) in [4.78, 5) is 4.59. The van der Waals surface area contributed by atoms with Gasteiger partial charge in [-0.1, -0.05) is 257 Å². The molecular formula is C93H74N4. The van der Waals surface area contributed by atoms with Crippen LogP contribution in [-0.2, 0) is 5.41 Å². The molecule has 0 spiro atoms. The quantitative estimate of drug-likeness (QED) is 0.0756. The molecule has 0 bridgehead atoms. The summed E-state index contributed by atoms with van der Waals surface area (Å²) in [6, 6.07) is 122. The number of anilines is 6. The minimum Gasteiger partial charge on any atom is -0.311 e. The summed E-state index contributed by atoms with van der Waals surface area (Å²) in [7, 11) is 0. The molecule has 4 nitrogen and oxygen atoms in total. The molecule has 2 aromatic heterocycles. The molecule has 15 rings (SSSR count). The van der Waals surface area contributed by atoms with Crippen molar-refractivity contribution in [2.24, 2.45) is 0 Å². The zero-order chi connectivity index (χ0) is 65.3. The molecule has 0 saturated carbocycles. The number of fused-ring (bicyclic) bond motifs is 3. The number of nitrogens with zero attached hydrogens (tertiary/aromatic N) is 4. The summed E-state index contributed by atoms with van der Waals surface area (Å²) in [6.45, 7) is 4.72. The van der Waals surface area contributed by atoms with E-state index in [0.29, 0.717) is 0 Å². The Balaban J connectivity index is 0.714. The number of aromatic nitrogens is 2. The van der Waals surface area contributed by atoms with Crippen molar-refractivity contribution in [1.82, 2.24) is 9.13 Å². The third kappa shape index (κ3) is 12.7. The maximum absolute atomic E-state index is 2.46. The van der Waals surface area contributed by atoms with Gasteiger partial charge in [0, 0.05) is 73.7 Å². The fourth-order valence-corrected chi connectivity index (χ4v) is 14.1. The number of hydrogen-bond donors (Lipinski definition) is 0. The van der Waals surface area contributed by atoms with Crippen LogP contribution in [-0.4, -0.2) is 9.13 Å². The second-order valence-corrected chi connectivity index (χ2v) is 24.8. The van der Waals surface area contributed by atoms with Gasteiger partial charge in [-0.15, -0.1) is 0 Å². The van der Waals surface area contributed by atoms with Crippen LogP contribution >= 0.6 is 0 Å². The molecule has 97 heavy (non-hydrogen) atoms. The van der Waals surface area contributed by atoms with Crippen LogP contribution in [0.1, 0.15) is 82.8 Å². The second kappa shape index (κ2) is 27.8. The number of hydrogen-bond acceptors (Lipinski definition) is 2. The Bertz CT molecular complexity index is 4700. The van der Waals surface area contributed by atoms with Crippen LogP contribution in [0.3, 0.4) is 0 Å². The van der Waals surface area contributed by atoms with Gasteiger partial charge in [-0.05, 0) is 225 Å². The maximum Gasteiger partial charge on any atom is 0.0462 e. The van der Waals surface area contributed by atoms with E-state index in [9.17, 15) is 0 Å². The summed E-state index contributed by atoms with van der Waals surface area (Å²) >= 11 is 0. The van der Waals surface area contributed by atoms with E-state index in [1.54, 1.807) is 0 Å². The Morgan fingerprint density at radius 2 is 0.505 bits per heavy atom. The van der Waals surface area contributed by atoms with E-state index in [2.05, 4.69) is 421 Å². The molecular weight excluding hydrogens is 1170 g/mol. The van der Waals surface area contributed by atoms with Gasteiger partial charge in [0.15, 0.2) is 0 Å². The molecule has 0 aliphatic heterocycles. The van der Waals surface area contributed by atoms with Crippen LogP contribution in [0.2, 0.25) is 0 Å². The Kier molecular flexibility index (Phi) is 17.4. The van der Waals surface area contributed by atoms with Crippen molar-refractivity contribution in [3.8, 4) is 44.8 Å². The first kappa shape index (κ1) is 61.0. The number of rotatable bonds is 20. The van der Waals surface area contributed by atoms with Gasteiger partial charge in [0.1, 0.15) is 0 Å². The first-order valence-electron chi connectivity index (χ1n) is 33.7. The van der Waals surface area contributed by atoms with E-state index in [4.69, 9.17) is 0 Å². The topological polar surface area (TPSA) is 16.3 Å². The van der Waals surface area contributed by atoms with Crippen LogP contribution in [0.5, 0.6) is 0 Å². The molecule has 2 heterocycles. The largest absolute Gasteiger partial charge is 0.311 e. The van der Waals surface area contributed by atoms with Crippen LogP contribution in [0.4, 0.5) is 34.1 Å². The van der Waals surface area contributed by atoms with Gasteiger partial charge in [-0.25, -0.2) is 0 Å². The standard InChI is InChI=1S/C93H74N4/c1-3-93(4-2)91-67-71(41-55-85-63-61-83(96(85)87-57-45-75(46-58-87)73-23-11-5-12-24-73)53-39-69-35-49-81(50-36-69)94(77-27-15-7-16-28-77)78-29-17-8-18-30-78)43-65-89(91)90-66-44-72(68-92(90)93)42-56-86-64-62-84(97(86)88-59-47-76(48-60-88)74-25-13-6-14-26-74)54-40-70-37-51-82(52-38-70)95(79-31-19-9-20-32-79)80-33-21-10-22-34-80/h5-68H,3-4H2,1-2H3/b53-39+,54-40+,55-41+,56-42+. The van der Waals surface area contributed by atoms with Crippen molar-refractivity contribution >= 4 is 82.7 Å². The fraction of sp³-hybridized carbons (Fsp3) is 0.0538. The van der Waals surface area contributed by atoms with Gasteiger partial charge in [0.25, 0.3) is 0 Å². The van der Waals surface area contributed by atoms with Crippen molar-refractivity contribution in [2.45, 2.75) is 32.1 Å². The highest BCUT2D eigenvalue weighted by atomic mass is 15.1. The van der Waals surface area contributed by atoms with Crippen LogP contribution < -0.4 is 9.80 Å². The third-order valence-corrected chi connectivity index (χ3v) is 19.1. The van der Waals surface area contributed by atoms with Gasteiger partial charge in [0.2, 0.25) is 0 Å². The first-order chi connectivity index (χ1) is 48.0. The molecule has 1 aliphatic carbocycles. The van der Waals surface area contributed by atoms with E-state index in [1.807, 2.05) is 0 Å². The zero-order valence-corrected chi connectivity index (χ0v) is 54.7. The van der Waals surface area contributed by atoms with Gasteiger partial charge in [-0.2, -0.15) is 0 Å². The Hall–Kier alpha value is -12.2. The Labute approximate surface area is 571 Å². The Morgan fingerprint density at radius 3 is 0.804 bits per heavy atom. The smallest absolute Gasteiger partial charge is 0.0462 e. The van der Waals surface area contributed by atoms with Gasteiger partial charge >= 0.3 is 0 Å².